The van der Waals surface area contributed by atoms with E-state index in [0.29, 0.717) is 10.0 Å². The number of nitrogens with one attached hydrogen (secondary N) is 1. The lowest BCUT2D eigenvalue weighted by molar-refractivity contribution is 0.414. The molecule has 2 nitrogen and oxygen atoms in total. The van der Waals surface area contributed by atoms with Crippen LogP contribution in [0.1, 0.15) is 24.1 Å². The van der Waals surface area contributed by atoms with Gasteiger partial charge in [0.15, 0.2) is 0 Å². The van der Waals surface area contributed by atoms with Gasteiger partial charge >= 0.3 is 0 Å². The van der Waals surface area contributed by atoms with E-state index in [1.54, 1.807) is 13.2 Å². The molecule has 0 heterocycles. The Morgan fingerprint density at radius 2 is 1.80 bits per heavy atom. The SMILES string of the molecule is CCNC(c1ccc(OC)cc1)c1ccc(Cl)cc1Cl. The molecule has 20 heavy (non-hydrogen) atoms. The zero-order valence-corrected chi connectivity index (χ0v) is 13.0. The summed E-state index contributed by atoms with van der Waals surface area (Å²) in [6, 6.07) is 13.6. The standard InChI is InChI=1S/C16H17Cl2NO/c1-3-19-16(11-4-7-13(20-2)8-5-11)14-9-6-12(17)10-15(14)18/h4-10,16,19H,3H2,1-2H3. The Morgan fingerprint density at radius 1 is 1.10 bits per heavy atom. The molecule has 0 aromatic heterocycles. The van der Waals surface area contributed by atoms with Gasteiger partial charge in [-0.15, -0.1) is 0 Å². The minimum atomic E-state index is 0.0377. The predicted octanol–water partition coefficient (Wildman–Crippen LogP) is 4.70. The molecule has 0 bridgehead atoms. The second kappa shape index (κ2) is 6.98. The number of ether oxygens (including phenoxy) is 1. The van der Waals surface area contributed by atoms with Crippen molar-refractivity contribution in [2.24, 2.45) is 0 Å². The normalized spacial score (nSPS) is 12.2. The van der Waals surface area contributed by atoms with Crippen LogP contribution < -0.4 is 10.1 Å². The van der Waals surface area contributed by atoms with Crippen molar-refractivity contribution in [1.82, 2.24) is 5.32 Å². The van der Waals surface area contributed by atoms with E-state index in [-0.39, 0.29) is 6.04 Å². The molecule has 0 saturated carbocycles. The molecule has 0 radical (unpaired) electrons. The highest BCUT2D eigenvalue weighted by atomic mass is 35.5. The molecule has 1 unspecified atom stereocenters. The van der Waals surface area contributed by atoms with Gasteiger partial charge in [0.25, 0.3) is 0 Å². The van der Waals surface area contributed by atoms with Crippen LogP contribution in [0.25, 0.3) is 0 Å². The van der Waals surface area contributed by atoms with Crippen molar-refractivity contribution in [2.75, 3.05) is 13.7 Å². The van der Waals surface area contributed by atoms with Crippen molar-refractivity contribution in [1.29, 1.82) is 0 Å². The quantitative estimate of drug-likeness (QED) is 0.864. The van der Waals surface area contributed by atoms with Crippen molar-refractivity contribution in [3.63, 3.8) is 0 Å². The average molecular weight is 310 g/mol. The van der Waals surface area contributed by atoms with E-state index in [1.807, 2.05) is 36.4 Å². The van der Waals surface area contributed by atoms with Gasteiger partial charge in [0.1, 0.15) is 5.75 Å². The molecule has 4 heteroatoms. The van der Waals surface area contributed by atoms with Crippen LogP contribution in [0.15, 0.2) is 42.5 Å². The molecular formula is C16H17Cl2NO. The minimum absolute atomic E-state index is 0.0377. The maximum absolute atomic E-state index is 6.32. The first kappa shape index (κ1) is 15.2. The Hall–Kier alpha value is -1.22. The summed E-state index contributed by atoms with van der Waals surface area (Å²) in [6.07, 6.45) is 0. The van der Waals surface area contributed by atoms with Gasteiger partial charge in [0, 0.05) is 10.0 Å². The topological polar surface area (TPSA) is 21.3 Å². The van der Waals surface area contributed by atoms with Crippen molar-refractivity contribution in [2.45, 2.75) is 13.0 Å². The van der Waals surface area contributed by atoms with Crippen LogP contribution in [0.4, 0.5) is 0 Å². The van der Waals surface area contributed by atoms with Crippen LogP contribution in [0, 0.1) is 0 Å². The summed E-state index contributed by atoms with van der Waals surface area (Å²) in [4.78, 5) is 0. The molecule has 0 spiro atoms. The number of halogens is 2. The molecule has 0 aliphatic carbocycles. The fraction of sp³-hybridized carbons (Fsp3) is 0.250. The van der Waals surface area contributed by atoms with E-state index in [0.717, 1.165) is 23.4 Å². The maximum Gasteiger partial charge on any atom is 0.118 e. The predicted molar refractivity (Wildman–Crippen MR) is 85.0 cm³/mol. The highest BCUT2D eigenvalue weighted by Crippen LogP contribution is 2.31. The average Bonchev–Trinajstić information content (AvgIpc) is 2.46. The molecule has 0 aliphatic rings. The zero-order chi connectivity index (χ0) is 14.5. The van der Waals surface area contributed by atoms with Crippen molar-refractivity contribution < 1.29 is 4.74 Å². The highest BCUT2D eigenvalue weighted by Gasteiger charge is 2.16. The van der Waals surface area contributed by atoms with Gasteiger partial charge in [-0.05, 0) is 41.9 Å². The van der Waals surface area contributed by atoms with Crippen LogP contribution in [0.5, 0.6) is 5.75 Å². The molecule has 1 atom stereocenters. The van der Waals surface area contributed by atoms with E-state index in [9.17, 15) is 0 Å². The summed E-state index contributed by atoms with van der Waals surface area (Å²) < 4.78 is 5.19. The molecule has 0 fully saturated rings. The molecule has 2 aromatic rings. The molecule has 1 N–H and O–H groups in total. The molecule has 2 aromatic carbocycles. The third-order valence-corrected chi connectivity index (χ3v) is 3.69. The number of rotatable bonds is 5. The van der Waals surface area contributed by atoms with Crippen molar-refractivity contribution in [3.05, 3.63) is 63.6 Å². The van der Waals surface area contributed by atoms with Crippen LogP contribution in [-0.2, 0) is 0 Å². The second-order valence-electron chi connectivity index (χ2n) is 4.43. The highest BCUT2D eigenvalue weighted by molar-refractivity contribution is 6.35. The fourth-order valence-electron chi connectivity index (χ4n) is 2.14. The summed E-state index contributed by atoms with van der Waals surface area (Å²) in [5, 5.41) is 4.75. The summed E-state index contributed by atoms with van der Waals surface area (Å²) in [6.45, 7) is 2.91. The third-order valence-electron chi connectivity index (χ3n) is 3.13. The number of hydrogen-bond donors (Lipinski definition) is 1. The van der Waals surface area contributed by atoms with Gasteiger partial charge in [-0.2, -0.15) is 0 Å². The monoisotopic (exact) mass is 309 g/mol. The maximum atomic E-state index is 6.32. The van der Waals surface area contributed by atoms with E-state index in [1.165, 1.54) is 0 Å². The van der Waals surface area contributed by atoms with Gasteiger partial charge in [-0.3, -0.25) is 0 Å². The molecule has 0 saturated heterocycles. The van der Waals surface area contributed by atoms with Crippen LogP contribution >= 0.6 is 23.2 Å². The lowest BCUT2D eigenvalue weighted by Gasteiger charge is -2.20. The number of hydrogen-bond acceptors (Lipinski definition) is 2. The van der Waals surface area contributed by atoms with E-state index in [4.69, 9.17) is 27.9 Å². The molecule has 0 amide bonds. The van der Waals surface area contributed by atoms with Gasteiger partial charge < -0.3 is 10.1 Å². The lowest BCUT2D eigenvalue weighted by atomic mass is 9.98. The zero-order valence-electron chi connectivity index (χ0n) is 11.5. The summed E-state index contributed by atoms with van der Waals surface area (Å²) in [5.74, 6) is 0.839. The smallest absolute Gasteiger partial charge is 0.118 e. The first-order valence-electron chi connectivity index (χ1n) is 6.48. The van der Waals surface area contributed by atoms with Gasteiger partial charge in [0.2, 0.25) is 0 Å². The minimum Gasteiger partial charge on any atom is -0.497 e. The van der Waals surface area contributed by atoms with Crippen molar-refractivity contribution in [3.8, 4) is 5.75 Å². The number of benzene rings is 2. The Bertz CT molecular complexity index is 569. The van der Waals surface area contributed by atoms with Gasteiger partial charge in [-0.25, -0.2) is 0 Å². The lowest BCUT2D eigenvalue weighted by Crippen LogP contribution is -2.22. The Morgan fingerprint density at radius 3 is 2.35 bits per heavy atom. The van der Waals surface area contributed by atoms with Crippen molar-refractivity contribution >= 4 is 23.2 Å². The first-order chi connectivity index (χ1) is 9.65. The van der Waals surface area contributed by atoms with Gasteiger partial charge in [0.05, 0.1) is 13.2 Å². The van der Waals surface area contributed by atoms with Crippen LogP contribution in [-0.4, -0.2) is 13.7 Å². The second-order valence-corrected chi connectivity index (χ2v) is 5.27. The summed E-state index contributed by atoms with van der Waals surface area (Å²) in [7, 11) is 1.66. The first-order valence-corrected chi connectivity index (χ1v) is 7.23. The Kier molecular flexibility index (Phi) is 5.30. The molecule has 0 aliphatic heterocycles. The largest absolute Gasteiger partial charge is 0.497 e. The molecule has 2 rings (SSSR count). The third kappa shape index (κ3) is 3.45. The number of methoxy groups -OCH3 is 1. The Balaban J connectivity index is 2.38. The van der Waals surface area contributed by atoms with E-state index >= 15 is 0 Å². The fourth-order valence-corrected chi connectivity index (χ4v) is 2.66. The summed E-state index contributed by atoms with van der Waals surface area (Å²) in [5.41, 5.74) is 2.15. The van der Waals surface area contributed by atoms with Crippen LogP contribution in [0.2, 0.25) is 10.0 Å². The van der Waals surface area contributed by atoms with E-state index in [2.05, 4.69) is 12.2 Å². The Labute approximate surface area is 129 Å². The van der Waals surface area contributed by atoms with E-state index < -0.39 is 0 Å². The van der Waals surface area contributed by atoms with Gasteiger partial charge in [-0.1, -0.05) is 48.3 Å². The van der Waals surface area contributed by atoms with Crippen LogP contribution in [0.3, 0.4) is 0 Å². The summed E-state index contributed by atoms with van der Waals surface area (Å²) >= 11 is 12.3. The molecule has 106 valence electrons. The molecular weight excluding hydrogens is 293 g/mol.